The van der Waals surface area contributed by atoms with Gasteiger partial charge >= 0.3 is 12.1 Å². The second kappa shape index (κ2) is 9.87. The number of rotatable bonds is 8. The number of carbonyl (C=O) groups excluding carboxylic acids is 2. The van der Waals surface area contributed by atoms with Crippen molar-refractivity contribution in [2.75, 3.05) is 6.61 Å². The molecule has 0 unspecified atom stereocenters. The number of alkyl carbamates (subject to hydrolysis) is 1. The van der Waals surface area contributed by atoms with Crippen molar-refractivity contribution in [1.29, 1.82) is 0 Å². The van der Waals surface area contributed by atoms with Gasteiger partial charge in [0.15, 0.2) is 0 Å². The van der Waals surface area contributed by atoms with Crippen molar-refractivity contribution in [3.63, 3.8) is 0 Å². The van der Waals surface area contributed by atoms with E-state index in [0.29, 0.717) is 32.1 Å². The topological polar surface area (TPSA) is 105 Å². The number of fused-ring (bicyclic) bond motifs is 3. The van der Waals surface area contributed by atoms with Crippen LogP contribution in [-0.4, -0.2) is 41.3 Å². The predicted molar refractivity (Wildman–Crippen MR) is 128 cm³/mol. The van der Waals surface area contributed by atoms with Gasteiger partial charge in [0, 0.05) is 12.0 Å². The Kier molecular flexibility index (Phi) is 6.91. The van der Waals surface area contributed by atoms with Crippen LogP contribution in [0.4, 0.5) is 4.79 Å². The molecule has 2 aliphatic carbocycles. The molecule has 34 heavy (non-hydrogen) atoms. The molecular formula is C27H32N2O5. The van der Waals surface area contributed by atoms with E-state index in [4.69, 9.17) is 4.74 Å². The number of carboxylic acids is 1. The fraction of sp³-hybridized carbons (Fsp3) is 0.444. The van der Waals surface area contributed by atoms with E-state index in [9.17, 15) is 19.5 Å². The zero-order chi connectivity index (χ0) is 24.3. The Labute approximate surface area is 199 Å². The van der Waals surface area contributed by atoms with Gasteiger partial charge in [0.05, 0.1) is 5.92 Å². The second-order valence-corrected chi connectivity index (χ2v) is 9.26. The highest BCUT2D eigenvalue weighted by atomic mass is 16.5. The maximum absolute atomic E-state index is 13.2. The van der Waals surface area contributed by atoms with Gasteiger partial charge in [-0.15, -0.1) is 0 Å². The third-order valence-corrected chi connectivity index (χ3v) is 7.44. The molecule has 2 amide bonds. The lowest BCUT2D eigenvalue weighted by Gasteiger charge is -2.32. The summed E-state index contributed by atoms with van der Waals surface area (Å²) in [6.07, 6.45) is 1.75. The first-order valence-corrected chi connectivity index (χ1v) is 12.1. The fourth-order valence-corrected chi connectivity index (χ4v) is 5.29. The van der Waals surface area contributed by atoms with Gasteiger partial charge in [0.1, 0.15) is 12.1 Å². The molecule has 0 spiro atoms. The van der Waals surface area contributed by atoms with E-state index in [1.807, 2.05) is 38.1 Å². The third-order valence-electron chi connectivity index (χ3n) is 7.44. The van der Waals surface area contributed by atoms with Gasteiger partial charge in [-0.3, -0.25) is 9.59 Å². The molecule has 2 aromatic rings. The van der Waals surface area contributed by atoms with Gasteiger partial charge in [0.2, 0.25) is 5.91 Å². The highest BCUT2D eigenvalue weighted by molar-refractivity contribution is 5.90. The third kappa shape index (κ3) is 4.52. The van der Waals surface area contributed by atoms with Crippen LogP contribution in [0.3, 0.4) is 0 Å². The Morgan fingerprint density at radius 1 is 0.971 bits per heavy atom. The largest absolute Gasteiger partial charge is 0.481 e. The molecular weight excluding hydrogens is 432 g/mol. The molecule has 1 saturated carbocycles. The first-order valence-electron chi connectivity index (χ1n) is 12.1. The average Bonchev–Trinajstić information content (AvgIpc) is 3.44. The zero-order valence-corrected chi connectivity index (χ0v) is 19.7. The van der Waals surface area contributed by atoms with E-state index in [1.54, 1.807) is 0 Å². The van der Waals surface area contributed by atoms with Crippen LogP contribution >= 0.6 is 0 Å². The van der Waals surface area contributed by atoms with Crippen LogP contribution in [0, 0.1) is 5.92 Å². The van der Waals surface area contributed by atoms with Crippen molar-refractivity contribution in [2.24, 2.45) is 5.92 Å². The second-order valence-electron chi connectivity index (χ2n) is 9.26. The van der Waals surface area contributed by atoms with Gasteiger partial charge in [-0.25, -0.2) is 4.79 Å². The smallest absolute Gasteiger partial charge is 0.408 e. The maximum atomic E-state index is 13.2. The maximum Gasteiger partial charge on any atom is 0.408 e. The lowest BCUT2D eigenvalue weighted by molar-refractivity contribution is -0.141. The van der Waals surface area contributed by atoms with Gasteiger partial charge in [0.25, 0.3) is 0 Å². The predicted octanol–water partition coefficient (Wildman–Crippen LogP) is 4.45. The number of nitrogens with one attached hydrogen (secondary N) is 2. The van der Waals surface area contributed by atoms with Crippen LogP contribution in [0.25, 0.3) is 11.1 Å². The Morgan fingerprint density at radius 3 is 2.09 bits per heavy atom. The van der Waals surface area contributed by atoms with E-state index < -0.39 is 23.5 Å². The molecule has 2 aliphatic rings. The number of carbonyl (C=O) groups is 3. The van der Waals surface area contributed by atoms with Crippen molar-refractivity contribution in [2.45, 2.75) is 63.5 Å². The summed E-state index contributed by atoms with van der Waals surface area (Å²) in [5, 5.41) is 15.0. The summed E-state index contributed by atoms with van der Waals surface area (Å²) < 4.78 is 5.66. The molecule has 7 nitrogen and oxygen atoms in total. The molecule has 0 heterocycles. The molecule has 7 heteroatoms. The van der Waals surface area contributed by atoms with Crippen LogP contribution in [0.15, 0.2) is 48.5 Å². The van der Waals surface area contributed by atoms with Crippen molar-refractivity contribution in [3.8, 4) is 11.1 Å². The minimum absolute atomic E-state index is 0.0592. The first-order chi connectivity index (χ1) is 16.4. The average molecular weight is 465 g/mol. The molecule has 0 radical (unpaired) electrons. The number of ether oxygens (including phenoxy) is 1. The Hall–Kier alpha value is -3.35. The SMILES string of the molecule is CCC(CC)(NC(=O)OCC1c2ccccc2-c2ccccc21)C(=O)N[C@@H]1CC[C@H](C(=O)O)C1. The van der Waals surface area contributed by atoms with E-state index in [0.717, 1.165) is 22.3 Å². The van der Waals surface area contributed by atoms with Gasteiger partial charge < -0.3 is 20.5 Å². The van der Waals surface area contributed by atoms with E-state index in [-0.39, 0.29) is 24.5 Å². The lowest BCUT2D eigenvalue weighted by Crippen LogP contribution is -2.59. The number of hydrogen-bond donors (Lipinski definition) is 3. The minimum atomic E-state index is -1.11. The van der Waals surface area contributed by atoms with Crippen molar-refractivity contribution >= 4 is 18.0 Å². The summed E-state index contributed by atoms with van der Waals surface area (Å²) in [4.78, 5) is 37.2. The highest BCUT2D eigenvalue weighted by Crippen LogP contribution is 2.44. The van der Waals surface area contributed by atoms with Gasteiger partial charge in [-0.05, 0) is 54.4 Å². The molecule has 0 bridgehead atoms. The highest BCUT2D eigenvalue weighted by Gasteiger charge is 2.40. The minimum Gasteiger partial charge on any atom is -0.481 e. The van der Waals surface area contributed by atoms with E-state index in [1.165, 1.54) is 0 Å². The molecule has 1 fully saturated rings. The van der Waals surface area contributed by atoms with Crippen LogP contribution < -0.4 is 10.6 Å². The standard InChI is InChI=1S/C27H32N2O5/c1-3-27(4-2,25(32)28-18-14-13-17(15-18)24(30)31)29-26(33)34-16-23-21-11-7-5-9-19(21)20-10-6-8-12-22(20)23/h5-12,17-18,23H,3-4,13-16H2,1-2H3,(H,28,32)(H,29,33)(H,30,31)/t17-,18+/m0/s1. The molecule has 2 atom stereocenters. The van der Waals surface area contributed by atoms with Crippen LogP contribution in [0.2, 0.25) is 0 Å². The number of amides is 2. The normalized spacial score (nSPS) is 19.2. The molecule has 4 rings (SSSR count). The summed E-state index contributed by atoms with van der Waals surface area (Å²) in [6.45, 7) is 3.87. The van der Waals surface area contributed by atoms with Crippen LogP contribution in [0.1, 0.15) is 63.0 Å². The molecule has 2 aromatic carbocycles. The van der Waals surface area contributed by atoms with Crippen LogP contribution in [0.5, 0.6) is 0 Å². The van der Waals surface area contributed by atoms with Crippen molar-refractivity contribution < 1.29 is 24.2 Å². The lowest BCUT2D eigenvalue weighted by atomic mass is 9.91. The molecule has 0 saturated heterocycles. The number of carboxylic acid groups (broad SMARTS) is 1. The first kappa shape index (κ1) is 23.8. The van der Waals surface area contributed by atoms with Crippen molar-refractivity contribution in [1.82, 2.24) is 10.6 Å². The summed E-state index contributed by atoms with van der Waals surface area (Å²) in [7, 11) is 0. The summed E-state index contributed by atoms with van der Waals surface area (Å²) in [5.74, 6) is -1.61. The van der Waals surface area contributed by atoms with Gasteiger partial charge in [-0.1, -0.05) is 62.4 Å². The number of benzene rings is 2. The molecule has 0 aromatic heterocycles. The van der Waals surface area contributed by atoms with Crippen LogP contribution in [-0.2, 0) is 14.3 Å². The quantitative estimate of drug-likeness (QED) is 0.535. The molecule has 3 N–H and O–H groups in total. The zero-order valence-electron chi connectivity index (χ0n) is 19.7. The van der Waals surface area contributed by atoms with E-state index >= 15 is 0 Å². The molecule has 180 valence electrons. The summed E-state index contributed by atoms with van der Waals surface area (Å²) in [5.41, 5.74) is 3.45. The summed E-state index contributed by atoms with van der Waals surface area (Å²) >= 11 is 0. The molecule has 0 aliphatic heterocycles. The van der Waals surface area contributed by atoms with Crippen molar-refractivity contribution in [3.05, 3.63) is 59.7 Å². The van der Waals surface area contributed by atoms with E-state index in [2.05, 4.69) is 34.9 Å². The Balaban J connectivity index is 1.41. The van der Waals surface area contributed by atoms with Gasteiger partial charge in [-0.2, -0.15) is 0 Å². The Morgan fingerprint density at radius 2 is 1.56 bits per heavy atom. The number of hydrogen-bond acceptors (Lipinski definition) is 4. The summed E-state index contributed by atoms with van der Waals surface area (Å²) in [6, 6.07) is 16.1. The Bertz CT molecular complexity index is 1030. The monoisotopic (exact) mass is 464 g/mol. The number of aliphatic carboxylic acids is 1. The fourth-order valence-electron chi connectivity index (χ4n) is 5.29.